The fourth-order valence-corrected chi connectivity index (χ4v) is 1.90. The number of hydrogen-bond donors (Lipinski definition) is 0. The number of nitrogens with zero attached hydrogens (tertiary/aromatic N) is 1. The van der Waals surface area contributed by atoms with Gasteiger partial charge >= 0.3 is 0 Å². The Balaban J connectivity index is 2.54. The van der Waals surface area contributed by atoms with E-state index in [1.54, 1.807) is 11.3 Å². The molecule has 1 aromatic rings. The maximum atomic E-state index is 11.3. The minimum Gasteiger partial charge on any atom is -0.299 e. The molecule has 0 fully saturated rings. The van der Waals surface area contributed by atoms with Crippen LogP contribution in [0.1, 0.15) is 31.0 Å². The lowest BCUT2D eigenvalue weighted by molar-refractivity contribution is -0.122. The second-order valence-corrected chi connectivity index (χ2v) is 4.35. The maximum absolute atomic E-state index is 11.3. The molecule has 1 aromatic heterocycles. The van der Waals surface area contributed by atoms with Crippen molar-refractivity contribution in [3.05, 3.63) is 16.1 Å². The highest BCUT2D eigenvalue weighted by Gasteiger charge is 2.12. The Bertz CT molecular complexity index is 293. The molecule has 0 saturated carbocycles. The first-order valence-corrected chi connectivity index (χ1v) is 5.45. The Morgan fingerprint density at radius 3 is 2.85 bits per heavy atom. The van der Waals surface area contributed by atoms with Gasteiger partial charge in [0.05, 0.1) is 10.7 Å². The highest BCUT2D eigenvalue weighted by molar-refractivity contribution is 7.09. The van der Waals surface area contributed by atoms with Gasteiger partial charge in [0.1, 0.15) is 5.78 Å². The number of hydrogen-bond acceptors (Lipinski definition) is 3. The molecule has 72 valence electrons. The lowest BCUT2D eigenvalue weighted by Crippen LogP contribution is -2.12. The van der Waals surface area contributed by atoms with Crippen LogP contribution in [0.4, 0.5) is 0 Å². The lowest BCUT2D eigenvalue weighted by atomic mass is 9.99. The molecule has 2 nitrogen and oxygen atoms in total. The molecular formula is C10H15NOS. The van der Waals surface area contributed by atoms with Gasteiger partial charge in [0.25, 0.3) is 0 Å². The minimum absolute atomic E-state index is 0.117. The van der Waals surface area contributed by atoms with Crippen molar-refractivity contribution in [1.82, 2.24) is 4.98 Å². The standard InChI is InChI=1S/C10H15NOS/c1-4-10(12)7(2)5-9-6-13-8(3)11-9/h6-7H,4-5H2,1-3H3. The van der Waals surface area contributed by atoms with Gasteiger partial charge in [-0.3, -0.25) is 4.79 Å². The highest BCUT2D eigenvalue weighted by atomic mass is 32.1. The van der Waals surface area contributed by atoms with Gasteiger partial charge in [-0.2, -0.15) is 0 Å². The van der Waals surface area contributed by atoms with Crippen LogP contribution in [0, 0.1) is 12.8 Å². The van der Waals surface area contributed by atoms with E-state index in [-0.39, 0.29) is 5.92 Å². The molecule has 0 aliphatic heterocycles. The Morgan fingerprint density at radius 1 is 1.69 bits per heavy atom. The topological polar surface area (TPSA) is 30.0 Å². The molecule has 0 bridgehead atoms. The summed E-state index contributed by atoms with van der Waals surface area (Å²) >= 11 is 1.64. The monoisotopic (exact) mass is 197 g/mol. The molecule has 1 rings (SSSR count). The van der Waals surface area contributed by atoms with Crippen LogP contribution in [-0.2, 0) is 11.2 Å². The van der Waals surface area contributed by atoms with E-state index in [1.807, 2.05) is 26.2 Å². The third kappa shape index (κ3) is 2.92. The van der Waals surface area contributed by atoms with E-state index in [4.69, 9.17) is 0 Å². The first kappa shape index (κ1) is 10.4. The van der Waals surface area contributed by atoms with Crippen molar-refractivity contribution in [2.24, 2.45) is 5.92 Å². The van der Waals surface area contributed by atoms with Gasteiger partial charge in [-0.1, -0.05) is 13.8 Å². The largest absolute Gasteiger partial charge is 0.299 e. The molecule has 0 aliphatic carbocycles. The Kier molecular flexibility index (Phi) is 3.60. The van der Waals surface area contributed by atoms with Crippen molar-refractivity contribution >= 4 is 17.1 Å². The Labute approximate surface area is 83.0 Å². The molecule has 0 spiro atoms. The van der Waals surface area contributed by atoms with Crippen LogP contribution in [0.3, 0.4) is 0 Å². The quantitative estimate of drug-likeness (QED) is 0.742. The zero-order valence-corrected chi connectivity index (χ0v) is 9.15. The summed E-state index contributed by atoms with van der Waals surface area (Å²) < 4.78 is 0. The second-order valence-electron chi connectivity index (χ2n) is 3.28. The summed E-state index contributed by atoms with van der Waals surface area (Å²) in [6.07, 6.45) is 1.42. The molecule has 0 aromatic carbocycles. The van der Waals surface area contributed by atoms with E-state index in [0.29, 0.717) is 12.2 Å². The van der Waals surface area contributed by atoms with Gasteiger partial charge in [0, 0.05) is 17.7 Å². The zero-order chi connectivity index (χ0) is 9.84. The SMILES string of the molecule is CCC(=O)C(C)Cc1csc(C)n1. The van der Waals surface area contributed by atoms with Crippen LogP contribution >= 0.6 is 11.3 Å². The average molecular weight is 197 g/mol. The molecule has 1 atom stereocenters. The van der Waals surface area contributed by atoms with Gasteiger partial charge in [-0.05, 0) is 13.3 Å². The number of thiazole rings is 1. The van der Waals surface area contributed by atoms with Crippen molar-refractivity contribution in [3.63, 3.8) is 0 Å². The third-order valence-corrected chi connectivity index (χ3v) is 2.90. The first-order chi connectivity index (χ1) is 6.13. The Morgan fingerprint density at radius 2 is 2.38 bits per heavy atom. The number of aromatic nitrogens is 1. The molecule has 13 heavy (non-hydrogen) atoms. The predicted octanol–water partition coefficient (Wildman–Crippen LogP) is 2.61. The summed E-state index contributed by atoms with van der Waals surface area (Å²) in [6.45, 7) is 5.87. The van der Waals surface area contributed by atoms with Crippen LogP contribution in [0.5, 0.6) is 0 Å². The maximum Gasteiger partial charge on any atom is 0.135 e. The fourth-order valence-electron chi connectivity index (χ4n) is 1.28. The smallest absolute Gasteiger partial charge is 0.135 e. The van der Waals surface area contributed by atoms with Crippen molar-refractivity contribution < 1.29 is 4.79 Å². The van der Waals surface area contributed by atoms with Crippen molar-refractivity contribution in [2.75, 3.05) is 0 Å². The molecule has 0 radical (unpaired) electrons. The van der Waals surface area contributed by atoms with Crippen molar-refractivity contribution in [2.45, 2.75) is 33.6 Å². The van der Waals surface area contributed by atoms with Crippen LogP contribution in [-0.4, -0.2) is 10.8 Å². The van der Waals surface area contributed by atoms with E-state index in [1.165, 1.54) is 0 Å². The van der Waals surface area contributed by atoms with Gasteiger partial charge < -0.3 is 0 Å². The van der Waals surface area contributed by atoms with Gasteiger partial charge in [-0.25, -0.2) is 4.98 Å². The van der Waals surface area contributed by atoms with Crippen molar-refractivity contribution in [3.8, 4) is 0 Å². The molecule has 1 heterocycles. The molecule has 3 heteroatoms. The number of aryl methyl sites for hydroxylation is 1. The first-order valence-electron chi connectivity index (χ1n) is 4.57. The molecule has 0 amide bonds. The lowest BCUT2D eigenvalue weighted by Gasteiger charge is -2.05. The summed E-state index contributed by atoms with van der Waals surface area (Å²) in [5.74, 6) is 0.442. The van der Waals surface area contributed by atoms with E-state index in [9.17, 15) is 4.79 Å². The number of ketones is 1. The van der Waals surface area contributed by atoms with E-state index in [0.717, 1.165) is 17.1 Å². The fraction of sp³-hybridized carbons (Fsp3) is 0.600. The van der Waals surface area contributed by atoms with Gasteiger partial charge in [0.15, 0.2) is 0 Å². The zero-order valence-electron chi connectivity index (χ0n) is 8.33. The van der Waals surface area contributed by atoms with Gasteiger partial charge in [-0.15, -0.1) is 11.3 Å². The van der Waals surface area contributed by atoms with Crippen LogP contribution in [0.25, 0.3) is 0 Å². The van der Waals surface area contributed by atoms with Crippen LogP contribution in [0.2, 0.25) is 0 Å². The van der Waals surface area contributed by atoms with E-state index in [2.05, 4.69) is 4.98 Å². The van der Waals surface area contributed by atoms with Crippen LogP contribution < -0.4 is 0 Å². The number of carbonyl (C=O) groups excluding carboxylic acids is 1. The molecule has 1 unspecified atom stereocenters. The molecular weight excluding hydrogens is 182 g/mol. The van der Waals surface area contributed by atoms with Gasteiger partial charge in [0.2, 0.25) is 0 Å². The predicted molar refractivity (Wildman–Crippen MR) is 55.0 cm³/mol. The summed E-state index contributed by atoms with van der Waals surface area (Å²) in [6, 6.07) is 0. The molecule has 0 N–H and O–H groups in total. The minimum atomic E-state index is 0.117. The number of Topliss-reactive ketones (excluding diaryl/α,β-unsaturated/α-hetero) is 1. The van der Waals surface area contributed by atoms with E-state index >= 15 is 0 Å². The summed E-state index contributed by atoms with van der Waals surface area (Å²) in [5.41, 5.74) is 1.05. The summed E-state index contributed by atoms with van der Waals surface area (Å²) in [5, 5.41) is 3.11. The number of rotatable bonds is 4. The average Bonchev–Trinajstić information content (AvgIpc) is 2.49. The summed E-state index contributed by atoms with van der Waals surface area (Å²) in [4.78, 5) is 15.6. The van der Waals surface area contributed by atoms with Crippen LogP contribution in [0.15, 0.2) is 5.38 Å². The van der Waals surface area contributed by atoms with E-state index < -0.39 is 0 Å². The number of carbonyl (C=O) groups is 1. The Hall–Kier alpha value is -0.700. The van der Waals surface area contributed by atoms with Crippen molar-refractivity contribution in [1.29, 1.82) is 0 Å². The third-order valence-electron chi connectivity index (χ3n) is 2.08. The summed E-state index contributed by atoms with van der Waals surface area (Å²) in [7, 11) is 0. The second kappa shape index (κ2) is 4.51. The normalized spacial score (nSPS) is 12.8. The molecule has 0 saturated heterocycles. The highest BCUT2D eigenvalue weighted by Crippen LogP contribution is 2.13. The molecule has 0 aliphatic rings.